The smallest absolute Gasteiger partial charge is 0.237 e. The predicted octanol–water partition coefficient (Wildman–Crippen LogP) is 1.87. The van der Waals surface area contributed by atoms with E-state index >= 15 is 0 Å². The zero-order chi connectivity index (χ0) is 16.0. The number of benzene rings is 2. The molecule has 0 amide bonds. The van der Waals surface area contributed by atoms with Gasteiger partial charge in [0.25, 0.3) is 0 Å². The number of hydrogen-bond acceptors (Lipinski definition) is 5. The maximum Gasteiger partial charge on any atom is 0.237 e. The molecule has 0 aliphatic carbocycles. The molecule has 2 heterocycles. The van der Waals surface area contributed by atoms with Crippen LogP contribution in [0.5, 0.6) is 11.5 Å². The molecular formula is C16H15NO5S. The summed E-state index contributed by atoms with van der Waals surface area (Å²) in [6.07, 6.45) is 0. The molecule has 0 saturated carbocycles. The minimum atomic E-state index is -3.34. The summed E-state index contributed by atoms with van der Waals surface area (Å²) in [6, 6.07) is 8.94. The maximum atomic E-state index is 11.9. The highest BCUT2D eigenvalue weighted by Gasteiger charge is 2.27. The van der Waals surface area contributed by atoms with Crippen molar-refractivity contribution in [1.29, 1.82) is 0 Å². The van der Waals surface area contributed by atoms with Crippen LogP contribution < -0.4 is 14.2 Å². The van der Waals surface area contributed by atoms with Crippen molar-refractivity contribution in [1.82, 2.24) is 0 Å². The Hall–Kier alpha value is -2.25. The van der Waals surface area contributed by atoms with E-state index in [1.807, 2.05) is 6.07 Å². The molecule has 2 aliphatic heterocycles. The van der Waals surface area contributed by atoms with E-state index in [2.05, 4.69) is 4.72 Å². The maximum absolute atomic E-state index is 11.9. The van der Waals surface area contributed by atoms with E-state index < -0.39 is 10.0 Å². The summed E-state index contributed by atoms with van der Waals surface area (Å²) in [7, 11) is -3.34. The Balaban J connectivity index is 1.91. The van der Waals surface area contributed by atoms with Crippen LogP contribution in [0.3, 0.4) is 0 Å². The van der Waals surface area contributed by atoms with Gasteiger partial charge in [0.15, 0.2) is 11.5 Å². The third-order valence-corrected chi connectivity index (χ3v) is 5.20. The SMILES string of the molecule is O=S1(=O)Cc2c(cccc2-c2cc3c(cc2CO)OCCO3)N1. The molecule has 0 atom stereocenters. The molecule has 0 bridgehead atoms. The normalized spacial score (nSPS) is 17.4. The summed E-state index contributed by atoms with van der Waals surface area (Å²) in [4.78, 5) is 0. The summed E-state index contributed by atoms with van der Waals surface area (Å²) in [5.41, 5.74) is 3.50. The van der Waals surface area contributed by atoms with Crippen LogP contribution in [0.15, 0.2) is 30.3 Å². The Morgan fingerprint density at radius 2 is 1.83 bits per heavy atom. The van der Waals surface area contributed by atoms with Crippen LogP contribution in [0.25, 0.3) is 11.1 Å². The van der Waals surface area contributed by atoms with E-state index in [1.165, 1.54) is 0 Å². The lowest BCUT2D eigenvalue weighted by Gasteiger charge is -2.21. The van der Waals surface area contributed by atoms with Crippen LogP contribution in [-0.4, -0.2) is 26.7 Å². The molecule has 120 valence electrons. The molecule has 0 fully saturated rings. The van der Waals surface area contributed by atoms with Crippen LogP contribution in [-0.2, 0) is 22.4 Å². The van der Waals surface area contributed by atoms with Gasteiger partial charge in [-0.3, -0.25) is 4.72 Å². The van der Waals surface area contributed by atoms with Crippen molar-refractivity contribution >= 4 is 15.7 Å². The Labute approximate surface area is 133 Å². The molecule has 2 aromatic rings. The van der Waals surface area contributed by atoms with Crippen molar-refractivity contribution in [3.63, 3.8) is 0 Å². The van der Waals surface area contributed by atoms with Crippen molar-refractivity contribution in [2.24, 2.45) is 0 Å². The fourth-order valence-corrected chi connectivity index (χ4v) is 4.29. The highest BCUT2D eigenvalue weighted by Crippen LogP contribution is 2.42. The van der Waals surface area contributed by atoms with Crippen LogP contribution in [0.1, 0.15) is 11.1 Å². The monoisotopic (exact) mass is 333 g/mol. The number of sulfonamides is 1. The van der Waals surface area contributed by atoms with Crippen LogP contribution in [0.4, 0.5) is 5.69 Å². The van der Waals surface area contributed by atoms with Gasteiger partial charge in [0, 0.05) is 5.56 Å². The molecule has 6 nitrogen and oxygen atoms in total. The fourth-order valence-electron chi connectivity index (χ4n) is 3.00. The minimum Gasteiger partial charge on any atom is -0.486 e. The zero-order valence-electron chi connectivity index (χ0n) is 12.2. The summed E-state index contributed by atoms with van der Waals surface area (Å²) in [6.45, 7) is 0.768. The van der Waals surface area contributed by atoms with Gasteiger partial charge in [-0.15, -0.1) is 0 Å². The van der Waals surface area contributed by atoms with Crippen LogP contribution in [0.2, 0.25) is 0 Å². The topological polar surface area (TPSA) is 84.9 Å². The molecule has 0 unspecified atom stereocenters. The third kappa shape index (κ3) is 2.42. The quantitative estimate of drug-likeness (QED) is 0.876. The van der Waals surface area contributed by atoms with Gasteiger partial charge in [-0.25, -0.2) is 8.42 Å². The summed E-state index contributed by atoms with van der Waals surface area (Å²) >= 11 is 0. The largest absolute Gasteiger partial charge is 0.486 e. The van der Waals surface area contributed by atoms with Gasteiger partial charge in [-0.05, 0) is 34.9 Å². The summed E-state index contributed by atoms with van der Waals surface area (Å²) in [5, 5.41) is 9.70. The summed E-state index contributed by atoms with van der Waals surface area (Å²) < 4.78 is 37.4. The first-order chi connectivity index (χ1) is 11.1. The van der Waals surface area contributed by atoms with Crippen LogP contribution >= 0.6 is 0 Å². The lowest BCUT2D eigenvalue weighted by Crippen LogP contribution is -2.15. The van der Waals surface area contributed by atoms with Gasteiger partial charge in [-0.2, -0.15) is 0 Å². The first-order valence-corrected chi connectivity index (χ1v) is 8.89. The molecule has 2 N–H and O–H groups in total. The number of fused-ring (bicyclic) bond motifs is 2. The number of ether oxygens (including phenoxy) is 2. The first-order valence-electron chi connectivity index (χ1n) is 7.23. The second-order valence-corrected chi connectivity index (χ2v) is 7.23. The fraction of sp³-hybridized carbons (Fsp3) is 0.250. The second-order valence-electron chi connectivity index (χ2n) is 5.50. The molecule has 2 aliphatic rings. The van der Waals surface area contributed by atoms with Gasteiger partial charge < -0.3 is 14.6 Å². The predicted molar refractivity (Wildman–Crippen MR) is 85.0 cm³/mol. The highest BCUT2D eigenvalue weighted by atomic mass is 32.2. The van der Waals surface area contributed by atoms with E-state index in [0.29, 0.717) is 41.5 Å². The minimum absolute atomic E-state index is 0.0716. The van der Waals surface area contributed by atoms with E-state index in [1.54, 1.807) is 24.3 Å². The van der Waals surface area contributed by atoms with Gasteiger partial charge in [-0.1, -0.05) is 12.1 Å². The van der Waals surface area contributed by atoms with E-state index in [9.17, 15) is 13.5 Å². The van der Waals surface area contributed by atoms with Crippen LogP contribution in [0, 0.1) is 0 Å². The Bertz CT molecular complexity index is 892. The number of rotatable bonds is 2. The number of hydrogen-bond donors (Lipinski definition) is 2. The van der Waals surface area contributed by atoms with Gasteiger partial charge in [0.05, 0.1) is 18.0 Å². The van der Waals surface area contributed by atoms with Crippen molar-refractivity contribution in [3.8, 4) is 22.6 Å². The molecule has 0 radical (unpaired) electrons. The molecule has 7 heteroatoms. The number of aliphatic hydroxyl groups is 1. The lowest BCUT2D eigenvalue weighted by atomic mass is 9.94. The highest BCUT2D eigenvalue weighted by molar-refractivity contribution is 7.92. The van der Waals surface area contributed by atoms with Crippen molar-refractivity contribution in [2.75, 3.05) is 17.9 Å². The molecule has 0 aromatic heterocycles. The molecule has 23 heavy (non-hydrogen) atoms. The molecule has 0 saturated heterocycles. The van der Waals surface area contributed by atoms with Gasteiger partial charge in [0.2, 0.25) is 10.0 Å². The number of nitrogens with one attached hydrogen (secondary N) is 1. The Morgan fingerprint density at radius 3 is 2.57 bits per heavy atom. The third-order valence-electron chi connectivity index (χ3n) is 4.00. The number of aliphatic hydroxyl groups excluding tert-OH is 1. The Kier molecular flexibility index (Phi) is 3.21. The zero-order valence-corrected chi connectivity index (χ0v) is 13.0. The van der Waals surface area contributed by atoms with E-state index in [-0.39, 0.29) is 12.4 Å². The average Bonchev–Trinajstić information content (AvgIpc) is 2.87. The van der Waals surface area contributed by atoms with E-state index in [4.69, 9.17) is 9.47 Å². The van der Waals surface area contributed by atoms with Crippen molar-refractivity contribution in [3.05, 3.63) is 41.5 Å². The van der Waals surface area contributed by atoms with Gasteiger partial charge in [0.1, 0.15) is 13.2 Å². The standard InChI is InChI=1S/C16H15NO5S/c18-8-10-6-15-16(22-5-4-21-15)7-12(10)11-2-1-3-14-13(11)9-23(19,20)17-14/h1-3,6-7,17-18H,4-5,8-9H2. The van der Waals surface area contributed by atoms with Crippen molar-refractivity contribution in [2.45, 2.75) is 12.4 Å². The number of anilines is 1. The van der Waals surface area contributed by atoms with Gasteiger partial charge >= 0.3 is 0 Å². The molecule has 4 rings (SSSR count). The van der Waals surface area contributed by atoms with Crippen molar-refractivity contribution < 1.29 is 23.0 Å². The molecular weight excluding hydrogens is 318 g/mol. The molecule has 2 aromatic carbocycles. The lowest BCUT2D eigenvalue weighted by molar-refractivity contribution is 0.171. The van der Waals surface area contributed by atoms with E-state index in [0.717, 1.165) is 11.1 Å². The average molecular weight is 333 g/mol. The molecule has 0 spiro atoms. The first kappa shape index (κ1) is 14.3. The summed E-state index contributed by atoms with van der Waals surface area (Å²) in [5.74, 6) is 1.13. The second kappa shape index (κ2) is 5.14. The Morgan fingerprint density at radius 1 is 1.09 bits per heavy atom.